The van der Waals surface area contributed by atoms with Crippen LogP contribution in [0.1, 0.15) is 37.8 Å². The van der Waals surface area contributed by atoms with Crippen LogP contribution < -0.4 is 14.4 Å². The van der Waals surface area contributed by atoms with Gasteiger partial charge in [0.1, 0.15) is 5.75 Å². The molecule has 8 heteroatoms. The summed E-state index contributed by atoms with van der Waals surface area (Å²) < 4.78 is 33.9. The first-order chi connectivity index (χ1) is 13.4. The molecule has 0 radical (unpaired) electrons. The number of amides is 2. The summed E-state index contributed by atoms with van der Waals surface area (Å²) in [7, 11) is -2.48. The van der Waals surface area contributed by atoms with Gasteiger partial charge in [0, 0.05) is 18.9 Å². The highest BCUT2D eigenvalue weighted by molar-refractivity contribution is 7.89. The third-order valence-corrected chi connectivity index (χ3v) is 6.13. The molecule has 1 N–H and O–H groups in total. The van der Waals surface area contributed by atoms with Gasteiger partial charge in [-0.25, -0.2) is 18.0 Å². The summed E-state index contributed by atoms with van der Waals surface area (Å²) in [6, 6.07) is 13.0. The molecule has 1 unspecified atom stereocenters. The van der Waals surface area contributed by atoms with Crippen LogP contribution in [0.25, 0.3) is 0 Å². The van der Waals surface area contributed by atoms with Crippen LogP contribution in [0.5, 0.6) is 5.75 Å². The molecule has 0 saturated carbocycles. The van der Waals surface area contributed by atoms with Crippen LogP contribution in [0.2, 0.25) is 0 Å². The van der Waals surface area contributed by atoms with Crippen LogP contribution >= 0.6 is 0 Å². The number of ether oxygens (including phenoxy) is 1. The van der Waals surface area contributed by atoms with Gasteiger partial charge < -0.3 is 4.74 Å². The lowest BCUT2D eigenvalue weighted by Gasteiger charge is -2.20. The fraction of sp³-hybridized carbons (Fsp3) is 0.300. The molecule has 7 nitrogen and oxygen atoms in total. The highest BCUT2D eigenvalue weighted by Gasteiger charge is 2.33. The lowest BCUT2D eigenvalue weighted by Crippen LogP contribution is -2.31. The second kappa shape index (κ2) is 8.12. The number of imide groups is 1. The minimum atomic E-state index is -3.89. The van der Waals surface area contributed by atoms with E-state index in [1.54, 1.807) is 0 Å². The zero-order chi connectivity index (χ0) is 20.3. The number of nitrogens with zero attached hydrogens (tertiary/aromatic N) is 1. The second-order valence-corrected chi connectivity index (χ2v) is 8.16. The zero-order valence-electron chi connectivity index (χ0n) is 15.7. The van der Waals surface area contributed by atoms with Crippen molar-refractivity contribution < 1.29 is 22.7 Å². The van der Waals surface area contributed by atoms with Crippen LogP contribution in [-0.4, -0.2) is 27.3 Å². The van der Waals surface area contributed by atoms with Crippen molar-refractivity contribution in [3.05, 3.63) is 54.1 Å². The first-order valence-corrected chi connectivity index (χ1v) is 10.5. The van der Waals surface area contributed by atoms with Gasteiger partial charge in [0.25, 0.3) is 0 Å². The van der Waals surface area contributed by atoms with Crippen molar-refractivity contribution in [3.8, 4) is 5.75 Å². The molecule has 1 aliphatic heterocycles. The molecule has 1 fully saturated rings. The summed E-state index contributed by atoms with van der Waals surface area (Å²) in [6.07, 6.45) is 0.765. The predicted octanol–water partition coefficient (Wildman–Crippen LogP) is 2.78. The van der Waals surface area contributed by atoms with Gasteiger partial charge in [0.2, 0.25) is 21.8 Å². The Bertz CT molecular complexity index is 973. The Kier molecular flexibility index (Phi) is 5.81. The van der Waals surface area contributed by atoms with Crippen molar-refractivity contribution in [1.82, 2.24) is 4.72 Å². The van der Waals surface area contributed by atoms with Gasteiger partial charge in [-0.15, -0.1) is 0 Å². The lowest BCUT2D eigenvalue weighted by atomic mass is 10.1. The Balaban J connectivity index is 1.97. The molecular formula is C20H22N2O5S. The number of benzene rings is 2. The van der Waals surface area contributed by atoms with Crippen LogP contribution in [0, 0.1) is 0 Å². The molecule has 0 aliphatic carbocycles. The standard InChI is InChI=1S/C20H22N2O5S/c1-3-16(14-7-5-4-6-8-14)21-28(25,26)15-9-10-18(27-2)17(13-15)22-19(23)11-12-20(22)24/h4-10,13,16,21H,3,11-12H2,1-2H3. The molecule has 1 saturated heterocycles. The highest BCUT2D eigenvalue weighted by Crippen LogP contribution is 2.34. The maximum absolute atomic E-state index is 13.0. The molecule has 2 aromatic rings. The summed E-state index contributed by atoms with van der Waals surface area (Å²) in [5, 5.41) is 0. The van der Waals surface area contributed by atoms with E-state index in [1.807, 2.05) is 37.3 Å². The number of rotatable bonds is 7. The Morgan fingerprint density at radius 1 is 1.07 bits per heavy atom. The number of hydrogen-bond donors (Lipinski definition) is 1. The van der Waals surface area contributed by atoms with E-state index < -0.39 is 16.1 Å². The largest absolute Gasteiger partial charge is 0.495 e. The van der Waals surface area contributed by atoms with E-state index in [0.717, 1.165) is 10.5 Å². The van der Waals surface area contributed by atoms with Gasteiger partial charge in [-0.2, -0.15) is 0 Å². The van der Waals surface area contributed by atoms with Crippen molar-refractivity contribution in [2.24, 2.45) is 0 Å². The highest BCUT2D eigenvalue weighted by atomic mass is 32.2. The number of carbonyl (C=O) groups is 2. The van der Waals surface area contributed by atoms with Crippen molar-refractivity contribution in [2.75, 3.05) is 12.0 Å². The molecule has 28 heavy (non-hydrogen) atoms. The average molecular weight is 402 g/mol. The van der Waals surface area contributed by atoms with E-state index >= 15 is 0 Å². The molecule has 2 aromatic carbocycles. The number of carbonyl (C=O) groups excluding carboxylic acids is 2. The van der Waals surface area contributed by atoms with Gasteiger partial charge in [0.15, 0.2) is 0 Å². The molecular weight excluding hydrogens is 380 g/mol. The van der Waals surface area contributed by atoms with Gasteiger partial charge in [-0.05, 0) is 30.2 Å². The normalized spacial score (nSPS) is 15.7. The van der Waals surface area contributed by atoms with E-state index in [-0.39, 0.29) is 41.0 Å². The van der Waals surface area contributed by atoms with Gasteiger partial charge in [0.05, 0.1) is 17.7 Å². The average Bonchev–Trinajstić information content (AvgIpc) is 3.04. The third kappa shape index (κ3) is 3.93. The smallest absolute Gasteiger partial charge is 0.241 e. The topological polar surface area (TPSA) is 92.8 Å². The molecule has 0 bridgehead atoms. The van der Waals surface area contributed by atoms with Crippen LogP contribution in [-0.2, 0) is 19.6 Å². The number of sulfonamides is 1. The maximum Gasteiger partial charge on any atom is 0.241 e. The van der Waals surface area contributed by atoms with Gasteiger partial charge in [-0.1, -0.05) is 37.3 Å². The van der Waals surface area contributed by atoms with E-state index in [9.17, 15) is 18.0 Å². The number of nitrogens with one attached hydrogen (secondary N) is 1. The number of methoxy groups -OCH3 is 1. The third-order valence-electron chi connectivity index (χ3n) is 4.66. The number of anilines is 1. The second-order valence-electron chi connectivity index (χ2n) is 6.45. The van der Waals surface area contributed by atoms with Crippen LogP contribution in [0.4, 0.5) is 5.69 Å². The molecule has 1 atom stereocenters. The van der Waals surface area contributed by atoms with E-state index in [4.69, 9.17) is 4.74 Å². The fourth-order valence-electron chi connectivity index (χ4n) is 3.18. The van der Waals surface area contributed by atoms with Gasteiger partial charge >= 0.3 is 0 Å². The Hall–Kier alpha value is -2.71. The molecule has 1 aliphatic rings. The summed E-state index contributed by atoms with van der Waals surface area (Å²) >= 11 is 0. The van der Waals surface area contributed by atoms with Crippen molar-refractivity contribution in [2.45, 2.75) is 37.1 Å². The molecule has 0 spiro atoms. The Morgan fingerprint density at radius 3 is 2.29 bits per heavy atom. The fourth-order valence-corrected chi connectivity index (χ4v) is 4.51. The first-order valence-electron chi connectivity index (χ1n) is 8.98. The Morgan fingerprint density at radius 2 is 1.71 bits per heavy atom. The summed E-state index contributed by atoms with van der Waals surface area (Å²) in [5.74, 6) is -0.485. The summed E-state index contributed by atoms with van der Waals surface area (Å²) in [6.45, 7) is 1.89. The Labute approximate surface area is 164 Å². The maximum atomic E-state index is 13.0. The number of hydrogen-bond acceptors (Lipinski definition) is 5. The van der Waals surface area contributed by atoms with Crippen molar-refractivity contribution in [3.63, 3.8) is 0 Å². The molecule has 0 aromatic heterocycles. The van der Waals surface area contributed by atoms with E-state index in [0.29, 0.717) is 6.42 Å². The van der Waals surface area contributed by atoms with Gasteiger partial charge in [-0.3, -0.25) is 9.59 Å². The predicted molar refractivity (Wildman–Crippen MR) is 105 cm³/mol. The zero-order valence-corrected chi connectivity index (χ0v) is 16.5. The van der Waals surface area contributed by atoms with Crippen molar-refractivity contribution in [1.29, 1.82) is 0 Å². The molecule has 2 amide bonds. The SMILES string of the molecule is CCC(NS(=O)(=O)c1ccc(OC)c(N2C(=O)CCC2=O)c1)c1ccccc1. The van der Waals surface area contributed by atoms with Crippen LogP contribution in [0.15, 0.2) is 53.4 Å². The quantitative estimate of drug-likeness (QED) is 0.719. The lowest BCUT2D eigenvalue weighted by molar-refractivity contribution is -0.121. The first kappa shape index (κ1) is 20.0. The monoisotopic (exact) mass is 402 g/mol. The summed E-state index contributed by atoms with van der Waals surface area (Å²) in [5.41, 5.74) is 0.998. The van der Waals surface area contributed by atoms with Crippen molar-refractivity contribution >= 4 is 27.5 Å². The molecule has 1 heterocycles. The summed E-state index contributed by atoms with van der Waals surface area (Å²) in [4.78, 5) is 25.2. The van der Waals surface area contributed by atoms with Crippen LogP contribution in [0.3, 0.4) is 0 Å². The molecule has 148 valence electrons. The minimum Gasteiger partial charge on any atom is -0.495 e. The van der Waals surface area contributed by atoms with E-state index in [1.165, 1.54) is 25.3 Å². The molecule has 3 rings (SSSR count). The van der Waals surface area contributed by atoms with E-state index in [2.05, 4.69) is 4.72 Å². The minimum absolute atomic E-state index is 0.0369.